The Labute approximate surface area is 154 Å². The fraction of sp³-hybridized carbons (Fsp3) is 0.550. The van der Waals surface area contributed by atoms with E-state index in [-0.39, 0.29) is 29.9 Å². The number of urea groups is 1. The van der Waals surface area contributed by atoms with E-state index in [0.29, 0.717) is 16.8 Å². The molecule has 6 nitrogen and oxygen atoms in total. The Morgan fingerprint density at radius 3 is 2.19 bits per heavy atom. The monoisotopic (exact) mass is 357 g/mol. The molecule has 1 saturated heterocycles. The van der Waals surface area contributed by atoms with E-state index in [1.807, 2.05) is 25.7 Å². The first kappa shape index (κ1) is 18.4. The lowest BCUT2D eigenvalue weighted by Gasteiger charge is -2.38. The lowest BCUT2D eigenvalue weighted by molar-refractivity contribution is 0.0507. The molecule has 0 aromatic heterocycles. The topological polar surface area (TPSA) is 69.7 Å². The molecule has 2 atom stereocenters. The maximum atomic E-state index is 12.7. The summed E-state index contributed by atoms with van der Waals surface area (Å²) < 4.78 is 0. The minimum absolute atomic E-state index is 0.158. The van der Waals surface area contributed by atoms with Crippen LogP contribution in [0, 0.1) is 0 Å². The van der Waals surface area contributed by atoms with Crippen molar-refractivity contribution in [1.29, 1.82) is 0 Å². The highest BCUT2D eigenvalue weighted by molar-refractivity contribution is 6.22. The van der Waals surface area contributed by atoms with Gasteiger partial charge in [0, 0.05) is 23.3 Å². The molecule has 140 valence electrons. The Morgan fingerprint density at radius 1 is 1.04 bits per heavy atom. The fourth-order valence-electron chi connectivity index (χ4n) is 3.94. The van der Waals surface area contributed by atoms with Crippen molar-refractivity contribution < 1.29 is 14.4 Å². The lowest BCUT2D eigenvalue weighted by atomic mass is 9.98. The molecule has 0 spiro atoms. The van der Waals surface area contributed by atoms with E-state index >= 15 is 0 Å². The van der Waals surface area contributed by atoms with Gasteiger partial charge in [-0.2, -0.15) is 0 Å². The van der Waals surface area contributed by atoms with Crippen LogP contribution in [-0.4, -0.2) is 45.3 Å². The minimum Gasteiger partial charge on any atom is -0.319 e. The van der Waals surface area contributed by atoms with Gasteiger partial charge in [-0.25, -0.2) is 4.79 Å². The molecule has 2 aliphatic heterocycles. The van der Waals surface area contributed by atoms with Crippen LogP contribution in [0.25, 0.3) is 0 Å². The molecule has 2 aliphatic rings. The second kappa shape index (κ2) is 6.41. The van der Waals surface area contributed by atoms with Gasteiger partial charge in [0.25, 0.3) is 11.8 Å². The van der Waals surface area contributed by atoms with Gasteiger partial charge in [0.05, 0.1) is 11.1 Å². The number of rotatable bonds is 1. The number of carbonyl (C=O) groups excluding carboxylic acids is 3. The lowest BCUT2D eigenvalue weighted by Crippen LogP contribution is -2.49. The smallest absolute Gasteiger partial charge is 0.319 e. The van der Waals surface area contributed by atoms with Gasteiger partial charge >= 0.3 is 6.03 Å². The number of nitrogens with zero attached hydrogens (tertiary/aromatic N) is 2. The number of piperidine rings is 1. The van der Waals surface area contributed by atoms with E-state index in [9.17, 15) is 14.4 Å². The summed E-state index contributed by atoms with van der Waals surface area (Å²) in [4.78, 5) is 41.1. The molecule has 2 unspecified atom stereocenters. The Morgan fingerprint density at radius 2 is 1.62 bits per heavy atom. The largest absolute Gasteiger partial charge is 0.322 e. The van der Waals surface area contributed by atoms with Crippen LogP contribution in [0.15, 0.2) is 18.2 Å². The second-order valence-corrected chi connectivity index (χ2v) is 8.34. The molecule has 0 radical (unpaired) electrons. The molecule has 1 N–H and O–H groups in total. The van der Waals surface area contributed by atoms with Crippen LogP contribution in [0.5, 0.6) is 0 Å². The molecular weight excluding hydrogens is 330 g/mol. The Bertz CT molecular complexity index is 756. The normalized spacial score (nSPS) is 23.3. The fourth-order valence-corrected chi connectivity index (χ4v) is 3.94. The molecule has 4 amide bonds. The van der Waals surface area contributed by atoms with Gasteiger partial charge in [-0.15, -0.1) is 0 Å². The zero-order valence-corrected chi connectivity index (χ0v) is 16.1. The first-order valence-corrected chi connectivity index (χ1v) is 9.23. The third-order valence-electron chi connectivity index (χ3n) is 5.24. The van der Waals surface area contributed by atoms with E-state index in [0.717, 1.165) is 19.3 Å². The van der Waals surface area contributed by atoms with E-state index in [1.54, 1.807) is 18.2 Å². The van der Waals surface area contributed by atoms with E-state index in [1.165, 1.54) is 4.90 Å². The van der Waals surface area contributed by atoms with Gasteiger partial charge in [0.2, 0.25) is 0 Å². The molecule has 26 heavy (non-hydrogen) atoms. The number of anilines is 1. The van der Waals surface area contributed by atoms with Gasteiger partial charge in [0.15, 0.2) is 0 Å². The zero-order valence-electron chi connectivity index (χ0n) is 16.1. The van der Waals surface area contributed by atoms with Crippen LogP contribution >= 0.6 is 0 Å². The molecule has 3 rings (SSSR count). The number of fused-ring (bicyclic) bond motifs is 1. The first-order chi connectivity index (χ1) is 12.1. The van der Waals surface area contributed by atoms with Crippen LogP contribution < -0.4 is 5.32 Å². The van der Waals surface area contributed by atoms with Gasteiger partial charge in [0.1, 0.15) is 0 Å². The van der Waals surface area contributed by atoms with Gasteiger partial charge < -0.3 is 10.2 Å². The first-order valence-electron chi connectivity index (χ1n) is 9.23. The summed E-state index contributed by atoms with van der Waals surface area (Å²) in [6, 6.07) is 5.14. The number of imide groups is 1. The van der Waals surface area contributed by atoms with Crippen molar-refractivity contribution >= 4 is 23.5 Å². The van der Waals surface area contributed by atoms with Crippen LogP contribution in [0.2, 0.25) is 0 Å². The molecule has 0 aliphatic carbocycles. The van der Waals surface area contributed by atoms with Crippen LogP contribution in [0.3, 0.4) is 0 Å². The summed E-state index contributed by atoms with van der Waals surface area (Å²) in [6.45, 7) is 9.60. The average Bonchev–Trinajstić information content (AvgIpc) is 2.78. The third-order valence-corrected chi connectivity index (χ3v) is 5.24. The highest BCUT2D eigenvalue weighted by Crippen LogP contribution is 2.31. The zero-order chi connectivity index (χ0) is 19.2. The van der Waals surface area contributed by atoms with Gasteiger partial charge in [-0.1, -0.05) is 0 Å². The maximum Gasteiger partial charge on any atom is 0.322 e. The summed E-state index contributed by atoms with van der Waals surface area (Å²) in [5.41, 5.74) is 0.690. The molecule has 1 fully saturated rings. The number of hydrogen-bond donors (Lipinski definition) is 1. The van der Waals surface area contributed by atoms with Crippen molar-refractivity contribution in [3.8, 4) is 0 Å². The SMILES string of the molecule is CC1CCCC(C)N1C(=O)Nc1ccc2c(c1)C(=O)N(C(C)(C)C)C2=O. The van der Waals surface area contributed by atoms with E-state index < -0.39 is 5.54 Å². The summed E-state index contributed by atoms with van der Waals surface area (Å²) in [7, 11) is 0. The van der Waals surface area contributed by atoms with Crippen molar-refractivity contribution in [2.45, 2.75) is 71.5 Å². The number of nitrogens with one attached hydrogen (secondary N) is 1. The van der Waals surface area contributed by atoms with Crippen molar-refractivity contribution in [2.24, 2.45) is 0 Å². The number of amides is 4. The Hall–Kier alpha value is -2.37. The van der Waals surface area contributed by atoms with Crippen molar-refractivity contribution in [2.75, 3.05) is 5.32 Å². The molecule has 2 heterocycles. The summed E-state index contributed by atoms with van der Waals surface area (Å²) in [5.74, 6) is -0.595. The van der Waals surface area contributed by atoms with E-state index in [2.05, 4.69) is 19.2 Å². The summed E-state index contributed by atoms with van der Waals surface area (Å²) >= 11 is 0. The highest BCUT2D eigenvalue weighted by Gasteiger charge is 2.42. The Balaban J connectivity index is 1.83. The standard InChI is InChI=1S/C20H27N3O3/c1-12-7-6-8-13(2)22(12)19(26)21-14-9-10-15-16(11-14)18(25)23(17(15)24)20(3,4)5/h9-13H,6-8H2,1-5H3,(H,21,26). The second-order valence-electron chi connectivity index (χ2n) is 8.34. The minimum atomic E-state index is -0.588. The van der Waals surface area contributed by atoms with E-state index in [4.69, 9.17) is 0 Å². The van der Waals surface area contributed by atoms with Gasteiger partial charge in [-0.3, -0.25) is 14.5 Å². The average molecular weight is 357 g/mol. The number of benzene rings is 1. The van der Waals surface area contributed by atoms with Crippen molar-refractivity contribution in [3.63, 3.8) is 0 Å². The van der Waals surface area contributed by atoms with Crippen LogP contribution in [0.4, 0.5) is 10.5 Å². The van der Waals surface area contributed by atoms with Crippen LogP contribution in [-0.2, 0) is 0 Å². The number of carbonyl (C=O) groups is 3. The predicted octanol–water partition coefficient (Wildman–Crippen LogP) is 3.88. The summed E-state index contributed by atoms with van der Waals surface area (Å²) in [6.07, 6.45) is 3.12. The molecular formula is C20H27N3O3. The molecule has 6 heteroatoms. The molecule has 0 bridgehead atoms. The van der Waals surface area contributed by atoms with Gasteiger partial charge in [-0.05, 0) is 72.1 Å². The maximum absolute atomic E-state index is 12.7. The third kappa shape index (κ3) is 3.08. The number of hydrogen-bond acceptors (Lipinski definition) is 3. The Kier molecular flexibility index (Phi) is 4.54. The van der Waals surface area contributed by atoms with Crippen molar-refractivity contribution in [3.05, 3.63) is 29.3 Å². The highest BCUT2D eigenvalue weighted by atomic mass is 16.2. The number of likely N-dealkylation sites (tertiary alicyclic amines) is 1. The molecule has 0 saturated carbocycles. The predicted molar refractivity (Wildman–Crippen MR) is 100 cm³/mol. The molecule has 1 aromatic carbocycles. The quantitative estimate of drug-likeness (QED) is 0.776. The van der Waals surface area contributed by atoms with Crippen LogP contribution in [0.1, 0.15) is 74.6 Å². The van der Waals surface area contributed by atoms with Crippen molar-refractivity contribution in [1.82, 2.24) is 9.80 Å². The summed E-state index contributed by atoms with van der Waals surface area (Å²) in [5, 5.41) is 2.90. The molecule has 1 aromatic rings.